The first-order valence-electron chi connectivity index (χ1n) is 7.09. The zero-order valence-electron chi connectivity index (χ0n) is 12.2. The Bertz CT molecular complexity index is 513. The molecule has 0 atom stereocenters. The molecule has 1 aliphatic rings. The number of alkyl halides is 2. The normalized spacial score (nSPS) is 17.6. The van der Waals surface area contributed by atoms with Gasteiger partial charge in [-0.15, -0.1) is 11.3 Å². The van der Waals surface area contributed by atoms with E-state index >= 15 is 0 Å². The van der Waals surface area contributed by atoms with Gasteiger partial charge in [0, 0.05) is 24.3 Å². The number of nitrogens with one attached hydrogen (secondary N) is 1. The first-order chi connectivity index (χ1) is 9.76. The van der Waals surface area contributed by atoms with Gasteiger partial charge in [0.05, 0.1) is 10.7 Å². The number of aromatic nitrogens is 1. The average Bonchev–Trinajstić information content (AvgIpc) is 2.84. The van der Waals surface area contributed by atoms with Crippen molar-refractivity contribution < 1.29 is 18.7 Å². The number of carbonyl (C=O) groups is 1. The first-order valence-corrected chi connectivity index (χ1v) is 7.97. The molecular formula is C14H20F2N2O2S. The molecule has 0 aromatic carbocycles. The van der Waals surface area contributed by atoms with E-state index in [-0.39, 0.29) is 19.4 Å². The smallest absolute Gasteiger partial charge is 0.352 e. The Kier molecular flexibility index (Phi) is 4.63. The van der Waals surface area contributed by atoms with Crippen LogP contribution in [-0.4, -0.2) is 34.1 Å². The van der Waals surface area contributed by atoms with Gasteiger partial charge in [0.15, 0.2) is 0 Å². The number of carbonyl (C=O) groups excluding carboxylic acids is 1. The van der Waals surface area contributed by atoms with Crippen LogP contribution in [0.15, 0.2) is 5.38 Å². The molecule has 0 saturated heterocycles. The number of thiazole rings is 1. The van der Waals surface area contributed by atoms with Crippen molar-refractivity contribution in [2.24, 2.45) is 0 Å². The zero-order valence-corrected chi connectivity index (χ0v) is 13.0. The molecule has 0 radical (unpaired) electrons. The van der Waals surface area contributed by atoms with Crippen LogP contribution in [0.25, 0.3) is 0 Å². The molecule has 4 nitrogen and oxygen atoms in total. The molecule has 1 heterocycles. The van der Waals surface area contributed by atoms with Crippen LogP contribution >= 0.6 is 11.3 Å². The predicted molar refractivity (Wildman–Crippen MR) is 76.7 cm³/mol. The molecule has 0 aliphatic heterocycles. The second kappa shape index (κ2) is 5.96. The van der Waals surface area contributed by atoms with Crippen LogP contribution < -0.4 is 5.32 Å². The minimum absolute atomic E-state index is 0.0305. The second-order valence-electron chi connectivity index (χ2n) is 5.80. The Morgan fingerprint density at radius 2 is 2.24 bits per heavy atom. The fourth-order valence-electron chi connectivity index (χ4n) is 2.15. The molecule has 0 bridgehead atoms. The van der Waals surface area contributed by atoms with Crippen LogP contribution in [-0.2, 0) is 11.2 Å². The minimum atomic E-state index is -3.73. The van der Waals surface area contributed by atoms with E-state index in [1.165, 1.54) is 11.3 Å². The summed E-state index contributed by atoms with van der Waals surface area (Å²) in [5.41, 5.74) is -1.38. The predicted octanol–water partition coefficient (Wildman–Crippen LogP) is 2.48. The number of nitrogens with zero attached hydrogens (tertiary/aromatic N) is 1. The molecule has 1 fully saturated rings. The summed E-state index contributed by atoms with van der Waals surface area (Å²) in [6.45, 7) is 4.15. The average molecular weight is 318 g/mol. The number of hydrogen-bond donors (Lipinski definition) is 2. The number of amides is 1. The number of rotatable bonds is 6. The molecule has 1 amide bonds. The van der Waals surface area contributed by atoms with Crippen LogP contribution in [0.4, 0.5) is 8.78 Å². The summed E-state index contributed by atoms with van der Waals surface area (Å²) < 4.78 is 27.6. The van der Waals surface area contributed by atoms with Crippen LogP contribution in [0, 0.1) is 0 Å². The van der Waals surface area contributed by atoms with Crippen molar-refractivity contribution in [1.82, 2.24) is 10.3 Å². The summed E-state index contributed by atoms with van der Waals surface area (Å²) in [4.78, 5) is 15.9. The third kappa shape index (κ3) is 3.23. The molecule has 1 aromatic heterocycles. The van der Waals surface area contributed by atoms with E-state index in [1.54, 1.807) is 0 Å². The SMILES string of the molecule is CC(C)c1nc(CCNC(=O)C(F)(F)C2(O)CCC2)cs1. The van der Waals surface area contributed by atoms with E-state index < -0.39 is 17.4 Å². The summed E-state index contributed by atoms with van der Waals surface area (Å²) in [5, 5.41) is 14.7. The fraction of sp³-hybridized carbons (Fsp3) is 0.714. The van der Waals surface area contributed by atoms with Crippen molar-refractivity contribution in [2.75, 3.05) is 6.54 Å². The molecule has 2 N–H and O–H groups in total. The Balaban J connectivity index is 1.83. The van der Waals surface area contributed by atoms with E-state index in [0.29, 0.717) is 18.8 Å². The van der Waals surface area contributed by atoms with E-state index in [2.05, 4.69) is 10.3 Å². The number of aliphatic hydroxyl groups is 1. The summed E-state index contributed by atoms with van der Waals surface area (Å²) in [7, 11) is 0. The minimum Gasteiger partial charge on any atom is -0.383 e. The standard InChI is InChI=1S/C14H20F2N2O2S/c1-9(2)11-18-10(8-21-11)4-7-17-12(19)14(15,16)13(20)5-3-6-13/h8-9,20H,3-7H2,1-2H3,(H,17,19). The molecule has 1 aromatic rings. The Morgan fingerprint density at radius 3 is 2.71 bits per heavy atom. The highest BCUT2D eigenvalue weighted by atomic mass is 32.1. The monoisotopic (exact) mass is 318 g/mol. The zero-order chi connectivity index (χ0) is 15.7. The van der Waals surface area contributed by atoms with Gasteiger partial charge in [-0.3, -0.25) is 4.79 Å². The van der Waals surface area contributed by atoms with Crippen molar-refractivity contribution in [2.45, 2.75) is 57.0 Å². The highest BCUT2D eigenvalue weighted by molar-refractivity contribution is 7.09. The lowest BCUT2D eigenvalue weighted by Crippen LogP contribution is -2.60. The third-order valence-electron chi connectivity index (χ3n) is 3.78. The molecule has 21 heavy (non-hydrogen) atoms. The fourth-order valence-corrected chi connectivity index (χ4v) is 3.02. The van der Waals surface area contributed by atoms with Gasteiger partial charge in [0.25, 0.3) is 5.91 Å². The Morgan fingerprint density at radius 1 is 1.57 bits per heavy atom. The summed E-state index contributed by atoms with van der Waals surface area (Å²) in [6, 6.07) is 0. The maximum atomic E-state index is 13.8. The Labute approximate surface area is 126 Å². The maximum absolute atomic E-state index is 13.8. The highest BCUT2D eigenvalue weighted by Crippen LogP contribution is 2.44. The van der Waals surface area contributed by atoms with Gasteiger partial charge < -0.3 is 10.4 Å². The molecule has 7 heteroatoms. The second-order valence-corrected chi connectivity index (χ2v) is 6.69. The van der Waals surface area contributed by atoms with Gasteiger partial charge >= 0.3 is 5.92 Å². The van der Waals surface area contributed by atoms with Crippen LogP contribution in [0.5, 0.6) is 0 Å². The summed E-state index contributed by atoms with van der Waals surface area (Å²) in [5.74, 6) is -4.80. The molecular weight excluding hydrogens is 298 g/mol. The summed E-state index contributed by atoms with van der Waals surface area (Å²) >= 11 is 1.53. The van der Waals surface area contributed by atoms with Gasteiger partial charge in [0.1, 0.15) is 5.60 Å². The lowest BCUT2D eigenvalue weighted by molar-refractivity contribution is -0.215. The van der Waals surface area contributed by atoms with Gasteiger partial charge in [-0.05, 0) is 19.3 Å². The summed E-state index contributed by atoms with van der Waals surface area (Å²) in [6.07, 6.45) is 0.869. The van der Waals surface area contributed by atoms with E-state index in [0.717, 1.165) is 10.7 Å². The Hall–Kier alpha value is -1.08. The van der Waals surface area contributed by atoms with E-state index in [9.17, 15) is 18.7 Å². The van der Waals surface area contributed by atoms with Gasteiger partial charge in [-0.1, -0.05) is 13.8 Å². The van der Waals surface area contributed by atoms with Crippen LogP contribution in [0.1, 0.15) is 49.7 Å². The van der Waals surface area contributed by atoms with Crippen molar-refractivity contribution >= 4 is 17.2 Å². The van der Waals surface area contributed by atoms with Gasteiger partial charge in [-0.2, -0.15) is 8.78 Å². The van der Waals surface area contributed by atoms with Gasteiger partial charge in [-0.25, -0.2) is 4.98 Å². The molecule has 1 aliphatic carbocycles. The molecule has 0 spiro atoms. The van der Waals surface area contributed by atoms with E-state index in [4.69, 9.17) is 0 Å². The molecule has 118 valence electrons. The third-order valence-corrected chi connectivity index (χ3v) is 4.97. The van der Waals surface area contributed by atoms with Crippen LogP contribution in [0.3, 0.4) is 0 Å². The number of hydrogen-bond acceptors (Lipinski definition) is 4. The molecule has 1 saturated carbocycles. The topological polar surface area (TPSA) is 62.2 Å². The highest BCUT2D eigenvalue weighted by Gasteiger charge is 2.60. The first kappa shape index (κ1) is 16.3. The lowest BCUT2D eigenvalue weighted by Gasteiger charge is -2.41. The number of halogens is 2. The van der Waals surface area contributed by atoms with Crippen molar-refractivity contribution in [3.8, 4) is 0 Å². The quantitative estimate of drug-likeness (QED) is 0.847. The van der Waals surface area contributed by atoms with Gasteiger partial charge in [0.2, 0.25) is 0 Å². The van der Waals surface area contributed by atoms with Crippen molar-refractivity contribution in [3.63, 3.8) is 0 Å². The largest absolute Gasteiger partial charge is 0.383 e. The van der Waals surface area contributed by atoms with Crippen molar-refractivity contribution in [1.29, 1.82) is 0 Å². The van der Waals surface area contributed by atoms with E-state index in [1.807, 2.05) is 19.2 Å². The maximum Gasteiger partial charge on any atom is 0.352 e. The lowest BCUT2D eigenvalue weighted by atomic mass is 9.75. The van der Waals surface area contributed by atoms with Crippen LogP contribution in [0.2, 0.25) is 0 Å². The molecule has 2 rings (SSSR count). The van der Waals surface area contributed by atoms with Crippen molar-refractivity contribution in [3.05, 3.63) is 16.1 Å². The molecule has 0 unspecified atom stereocenters.